The van der Waals surface area contributed by atoms with Crippen LogP contribution in [0.2, 0.25) is 10.0 Å². The molecule has 21 heavy (non-hydrogen) atoms. The maximum atomic E-state index is 6.18. The maximum Gasteiger partial charge on any atom is 0.178 e. The van der Waals surface area contributed by atoms with Gasteiger partial charge in [-0.25, -0.2) is 0 Å². The van der Waals surface area contributed by atoms with Crippen LogP contribution < -0.4 is 0 Å². The smallest absolute Gasteiger partial charge is 0.178 e. The summed E-state index contributed by atoms with van der Waals surface area (Å²) in [5.41, 5.74) is 2.01. The second kappa shape index (κ2) is 6.15. The van der Waals surface area contributed by atoms with E-state index in [0.29, 0.717) is 10.0 Å². The largest absolute Gasteiger partial charge is 0.331 e. The van der Waals surface area contributed by atoms with E-state index in [9.17, 15) is 0 Å². The summed E-state index contributed by atoms with van der Waals surface area (Å²) in [6.07, 6.45) is 8.69. The molecule has 6 heteroatoms. The number of aromatic nitrogens is 2. The molecule has 0 unspecified atom stereocenters. The molecular formula is C15H18Cl2N2S2. The van der Waals surface area contributed by atoms with E-state index in [1.165, 1.54) is 32.1 Å². The third kappa shape index (κ3) is 3.00. The van der Waals surface area contributed by atoms with Crippen LogP contribution in [0.25, 0.3) is 11.0 Å². The molecule has 1 saturated carbocycles. The fraction of sp³-hybridized carbons (Fsp3) is 0.533. The Balaban J connectivity index is 2.05. The van der Waals surface area contributed by atoms with Crippen molar-refractivity contribution in [3.8, 4) is 0 Å². The van der Waals surface area contributed by atoms with Crippen molar-refractivity contribution in [3.63, 3.8) is 0 Å². The first-order chi connectivity index (χ1) is 10.0. The van der Waals surface area contributed by atoms with Crippen molar-refractivity contribution in [2.24, 2.45) is 0 Å². The lowest BCUT2D eigenvalue weighted by atomic mass is 9.88. The molecule has 114 valence electrons. The zero-order valence-electron chi connectivity index (χ0n) is 11.9. The molecule has 0 atom stereocenters. The van der Waals surface area contributed by atoms with Gasteiger partial charge in [-0.3, -0.25) is 0 Å². The van der Waals surface area contributed by atoms with Crippen molar-refractivity contribution in [1.82, 2.24) is 9.55 Å². The van der Waals surface area contributed by atoms with Gasteiger partial charge in [0.2, 0.25) is 0 Å². The van der Waals surface area contributed by atoms with E-state index < -0.39 is 0 Å². The molecule has 2 aromatic rings. The number of imidazole rings is 1. The number of nitrogens with one attached hydrogen (secondary N) is 1. The maximum absolute atomic E-state index is 6.18. The van der Waals surface area contributed by atoms with Gasteiger partial charge in [-0.2, -0.15) is 11.8 Å². The number of fused-ring (bicyclic) bond motifs is 1. The van der Waals surface area contributed by atoms with E-state index in [0.717, 1.165) is 22.3 Å². The summed E-state index contributed by atoms with van der Waals surface area (Å²) in [4.78, 5) is 3.25. The Bertz CT molecular complexity index is 714. The molecule has 3 rings (SSSR count). The van der Waals surface area contributed by atoms with E-state index in [4.69, 9.17) is 35.4 Å². The Labute approximate surface area is 144 Å². The SMILES string of the molecule is CSC1(Cn2c(=S)[nH]c3cc(Cl)c(Cl)cc32)CCCCC1. The van der Waals surface area contributed by atoms with Gasteiger partial charge in [0.25, 0.3) is 0 Å². The summed E-state index contributed by atoms with van der Waals surface area (Å²) in [5.74, 6) is 0. The molecule has 2 nitrogen and oxygen atoms in total. The Kier molecular flexibility index (Phi) is 4.60. The predicted octanol–water partition coefficient (Wildman–Crippen LogP) is 6.07. The highest BCUT2D eigenvalue weighted by Gasteiger charge is 2.32. The number of thioether (sulfide) groups is 1. The topological polar surface area (TPSA) is 20.7 Å². The molecule has 0 aliphatic heterocycles. The number of halogens is 2. The first kappa shape index (κ1) is 15.7. The van der Waals surface area contributed by atoms with E-state index in [1.807, 2.05) is 23.9 Å². The summed E-state index contributed by atoms with van der Waals surface area (Å²) in [5, 5.41) is 1.14. The minimum absolute atomic E-state index is 0.289. The fourth-order valence-electron chi connectivity index (χ4n) is 3.22. The Morgan fingerprint density at radius 2 is 1.90 bits per heavy atom. The van der Waals surface area contributed by atoms with Crippen LogP contribution in [0, 0.1) is 4.77 Å². The minimum Gasteiger partial charge on any atom is -0.331 e. The highest BCUT2D eigenvalue weighted by Crippen LogP contribution is 2.41. The first-order valence-corrected chi connectivity index (χ1v) is 9.56. The summed E-state index contributed by atoms with van der Waals surface area (Å²) in [6.45, 7) is 0.935. The van der Waals surface area contributed by atoms with E-state index in [-0.39, 0.29) is 4.75 Å². The summed E-state index contributed by atoms with van der Waals surface area (Å²) < 4.78 is 3.23. The number of rotatable bonds is 3. The van der Waals surface area contributed by atoms with Crippen LogP contribution in [0.4, 0.5) is 0 Å². The number of hydrogen-bond donors (Lipinski definition) is 1. The highest BCUT2D eigenvalue weighted by molar-refractivity contribution is 8.00. The van der Waals surface area contributed by atoms with Crippen molar-refractivity contribution < 1.29 is 0 Å². The van der Waals surface area contributed by atoms with Crippen molar-refractivity contribution in [2.75, 3.05) is 6.26 Å². The van der Waals surface area contributed by atoms with Crippen LogP contribution in [0.5, 0.6) is 0 Å². The van der Waals surface area contributed by atoms with E-state index >= 15 is 0 Å². The molecule has 1 aliphatic rings. The molecule has 0 spiro atoms. The molecule has 1 aromatic heterocycles. The number of hydrogen-bond acceptors (Lipinski definition) is 2. The van der Waals surface area contributed by atoms with Gasteiger partial charge in [0.1, 0.15) is 0 Å². The fourth-order valence-corrected chi connectivity index (χ4v) is 4.77. The molecule has 1 aromatic carbocycles. The number of aromatic amines is 1. The van der Waals surface area contributed by atoms with Crippen LogP contribution in [-0.2, 0) is 6.54 Å². The van der Waals surface area contributed by atoms with Gasteiger partial charge in [-0.05, 0) is 43.4 Å². The second-order valence-electron chi connectivity index (χ2n) is 5.75. The summed E-state index contributed by atoms with van der Waals surface area (Å²) >= 11 is 19.8. The molecular weight excluding hydrogens is 343 g/mol. The van der Waals surface area contributed by atoms with Gasteiger partial charge < -0.3 is 9.55 Å². The van der Waals surface area contributed by atoms with Crippen molar-refractivity contribution in [1.29, 1.82) is 0 Å². The highest BCUT2D eigenvalue weighted by atomic mass is 35.5. The van der Waals surface area contributed by atoms with Gasteiger partial charge in [-0.1, -0.05) is 42.5 Å². The molecule has 0 bridgehead atoms. The average Bonchev–Trinajstić information content (AvgIpc) is 2.76. The minimum atomic E-state index is 0.289. The molecule has 1 fully saturated rings. The third-order valence-electron chi connectivity index (χ3n) is 4.46. The number of H-pyrrole nitrogens is 1. The van der Waals surface area contributed by atoms with Gasteiger partial charge in [-0.15, -0.1) is 0 Å². The molecule has 1 heterocycles. The molecule has 1 N–H and O–H groups in total. The number of benzene rings is 1. The van der Waals surface area contributed by atoms with Crippen LogP contribution in [0.3, 0.4) is 0 Å². The van der Waals surface area contributed by atoms with E-state index in [1.54, 1.807) is 0 Å². The van der Waals surface area contributed by atoms with Crippen LogP contribution in [-0.4, -0.2) is 20.6 Å². The second-order valence-corrected chi connectivity index (χ2v) is 8.22. The molecule has 0 radical (unpaired) electrons. The summed E-state index contributed by atoms with van der Waals surface area (Å²) in [7, 11) is 0. The quantitative estimate of drug-likeness (QED) is 0.670. The van der Waals surface area contributed by atoms with E-state index in [2.05, 4.69) is 15.8 Å². The standard InChI is InChI=1S/C15H18Cl2N2S2/c1-21-15(5-3-2-4-6-15)9-19-13-8-11(17)10(16)7-12(13)18-14(19)20/h7-8H,2-6,9H2,1H3,(H,18,20). The Morgan fingerprint density at radius 3 is 2.57 bits per heavy atom. The van der Waals surface area contributed by atoms with Crippen LogP contribution in [0.1, 0.15) is 32.1 Å². The average molecular weight is 361 g/mol. The van der Waals surface area contributed by atoms with Gasteiger partial charge >= 0.3 is 0 Å². The lowest BCUT2D eigenvalue weighted by molar-refractivity contribution is 0.360. The van der Waals surface area contributed by atoms with Gasteiger partial charge in [0.05, 0.1) is 21.1 Å². The third-order valence-corrected chi connectivity index (χ3v) is 6.91. The monoisotopic (exact) mass is 360 g/mol. The predicted molar refractivity (Wildman–Crippen MR) is 96.5 cm³/mol. The van der Waals surface area contributed by atoms with Crippen LogP contribution in [0.15, 0.2) is 12.1 Å². The zero-order valence-corrected chi connectivity index (χ0v) is 15.1. The summed E-state index contributed by atoms with van der Waals surface area (Å²) in [6, 6.07) is 3.78. The Hall–Kier alpha value is -0.160. The molecule has 1 aliphatic carbocycles. The molecule has 0 amide bonds. The first-order valence-electron chi connectivity index (χ1n) is 7.17. The number of nitrogens with zero attached hydrogens (tertiary/aromatic N) is 1. The van der Waals surface area contributed by atoms with Gasteiger partial charge in [0.15, 0.2) is 4.77 Å². The zero-order chi connectivity index (χ0) is 15.0. The van der Waals surface area contributed by atoms with Crippen molar-refractivity contribution in [2.45, 2.75) is 43.4 Å². The van der Waals surface area contributed by atoms with Gasteiger partial charge in [0, 0.05) is 11.3 Å². The molecule has 0 saturated heterocycles. The Morgan fingerprint density at radius 1 is 1.24 bits per heavy atom. The van der Waals surface area contributed by atoms with Crippen LogP contribution >= 0.6 is 47.2 Å². The van der Waals surface area contributed by atoms with Crippen molar-refractivity contribution in [3.05, 3.63) is 26.9 Å². The normalized spacial score (nSPS) is 18.2. The van der Waals surface area contributed by atoms with Crippen molar-refractivity contribution >= 4 is 58.2 Å². The lowest BCUT2D eigenvalue weighted by Gasteiger charge is -2.36. The lowest BCUT2D eigenvalue weighted by Crippen LogP contribution is -2.33.